The SMILES string of the molecule is COCCS(=O)(=O)N(C)CC(O)c1cccc(OC)c1. The Balaban J connectivity index is 2.71. The second-order valence-electron chi connectivity index (χ2n) is 4.38. The number of likely N-dealkylation sites (N-methyl/N-ethyl adjacent to an activating group) is 1. The summed E-state index contributed by atoms with van der Waals surface area (Å²) < 4.78 is 34.7. The molecule has 0 saturated carbocycles. The van der Waals surface area contributed by atoms with Crippen molar-refractivity contribution in [3.63, 3.8) is 0 Å². The van der Waals surface area contributed by atoms with Crippen LogP contribution in [0.5, 0.6) is 5.75 Å². The summed E-state index contributed by atoms with van der Waals surface area (Å²) in [6, 6.07) is 6.91. The fourth-order valence-electron chi connectivity index (χ4n) is 1.66. The molecule has 114 valence electrons. The van der Waals surface area contributed by atoms with Crippen LogP contribution in [-0.2, 0) is 14.8 Å². The third kappa shape index (κ3) is 4.75. The highest BCUT2D eigenvalue weighted by Crippen LogP contribution is 2.20. The number of hydrogen-bond donors (Lipinski definition) is 1. The first-order valence-corrected chi connectivity index (χ1v) is 7.76. The van der Waals surface area contributed by atoms with E-state index in [1.807, 2.05) is 0 Å². The van der Waals surface area contributed by atoms with Gasteiger partial charge in [0.05, 0.1) is 25.6 Å². The van der Waals surface area contributed by atoms with Gasteiger partial charge in [0.2, 0.25) is 10.0 Å². The standard InChI is InChI=1S/C13H21NO5S/c1-14(20(16,17)8-7-18-2)10-13(15)11-5-4-6-12(9-11)19-3/h4-6,9,13,15H,7-8,10H2,1-3H3. The van der Waals surface area contributed by atoms with Crippen molar-refractivity contribution in [1.29, 1.82) is 0 Å². The van der Waals surface area contributed by atoms with Crippen LogP contribution < -0.4 is 4.74 Å². The molecule has 0 heterocycles. The van der Waals surface area contributed by atoms with E-state index in [0.717, 1.165) is 4.31 Å². The molecule has 20 heavy (non-hydrogen) atoms. The zero-order valence-corrected chi connectivity index (χ0v) is 12.8. The van der Waals surface area contributed by atoms with Crippen molar-refractivity contribution in [1.82, 2.24) is 4.31 Å². The summed E-state index contributed by atoms with van der Waals surface area (Å²) in [4.78, 5) is 0. The van der Waals surface area contributed by atoms with Gasteiger partial charge in [0.25, 0.3) is 0 Å². The number of aliphatic hydroxyl groups excluding tert-OH is 1. The molecule has 0 aliphatic rings. The third-order valence-corrected chi connectivity index (χ3v) is 4.71. The Morgan fingerprint density at radius 1 is 1.35 bits per heavy atom. The number of ether oxygens (including phenoxy) is 2. The molecule has 0 fully saturated rings. The van der Waals surface area contributed by atoms with Crippen LogP contribution in [0.15, 0.2) is 24.3 Å². The lowest BCUT2D eigenvalue weighted by atomic mass is 10.1. The number of benzene rings is 1. The molecule has 1 aromatic carbocycles. The van der Waals surface area contributed by atoms with Gasteiger partial charge >= 0.3 is 0 Å². The van der Waals surface area contributed by atoms with Gasteiger partial charge in [-0.1, -0.05) is 12.1 Å². The summed E-state index contributed by atoms with van der Waals surface area (Å²) in [6.07, 6.45) is -0.910. The zero-order valence-electron chi connectivity index (χ0n) is 11.9. The highest BCUT2D eigenvalue weighted by Gasteiger charge is 2.21. The normalized spacial score (nSPS) is 13.4. The molecule has 6 nitrogen and oxygen atoms in total. The smallest absolute Gasteiger partial charge is 0.216 e. The monoisotopic (exact) mass is 303 g/mol. The maximum Gasteiger partial charge on any atom is 0.216 e. The summed E-state index contributed by atoms with van der Waals surface area (Å²) in [5, 5.41) is 10.1. The van der Waals surface area contributed by atoms with E-state index in [1.54, 1.807) is 24.3 Å². The molecule has 0 amide bonds. The number of hydrogen-bond acceptors (Lipinski definition) is 5. The molecule has 1 atom stereocenters. The summed E-state index contributed by atoms with van der Waals surface area (Å²) in [7, 11) is 0.994. The molecule has 1 N–H and O–H groups in total. The van der Waals surface area contributed by atoms with E-state index in [1.165, 1.54) is 21.3 Å². The van der Waals surface area contributed by atoms with E-state index in [4.69, 9.17) is 9.47 Å². The van der Waals surface area contributed by atoms with Crippen LogP contribution >= 0.6 is 0 Å². The van der Waals surface area contributed by atoms with Crippen molar-refractivity contribution < 1.29 is 23.0 Å². The largest absolute Gasteiger partial charge is 0.497 e. The summed E-state index contributed by atoms with van der Waals surface area (Å²) in [6.45, 7) is 0.112. The topological polar surface area (TPSA) is 76.1 Å². The Kier molecular flexibility index (Phi) is 6.41. The highest BCUT2D eigenvalue weighted by atomic mass is 32.2. The Hall–Kier alpha value is -1.15. The minimum Gasteiger partial charge on any atom is -0.497 e. The van der Waals surface area contributed by atoms with Crippen molar-refractivity contribution >= 4 is 10.0 Å². The molecular weight excluding hydrogens is 282 g/mol. The van der Waals surface area contributed by atoms with Crippen molar-refractivity contribution in [3.8, 4) is 5.75 Å². The van der Waals surface area contributed by atoms with E-state index >= 15 is 0 Å². The number of rotatable bonds is 8. The fourth-order valence-corrected chi connectivity index (χ4v) is 2.71. The second kappa shape index (κ2) is 7.58. The van der Waals surface area contributed by atoms with Crippen LogP contribution in [0.2, 0.25) is 0 Å². The molecule has 7 heteroatoms. The first-order valence-electron chi connectivity index (χ1n) is 6.15. The van der Waals surface area contributed by atoms with E-state index in [0.29, 0.717) is 11.3 Å². The average molecular weight is 303 g/mol. The van der Waals surface area contributed by atoms with E-state index in [9.17, 15) is 13.5 Å². The minimum absolute atomic E-state index is 0.0147. The van der Waals surface area contributed by atoms with Crippen LogP contribution in [0.3, 0.4) is 0 Å². The fraction of sp³-hybridized carbons (Fsp3) is 0.538. The summed E-state index contributed by atoms with van der Waals surface area (Å²) in [5.41, 5.74) is 0.609. The minimum atomic E-state index is -3.42. The molecule has 0 saturated heterocycles. The van der Waals surface area contributed by atoms with Crippen LogP contribution in [0.25, 0.3) is 0 Å². The average Bonchev–Trinajstić information content (AvgIpc) is 2.45. The predicted octanol–water partition coefficient (Wildman–Crippen LogP) is 0.637. The van der Waals surface area contributed by atoms with Gasteiger partial charge in [-0.05, 0) is 17.7 Å². The maximum absolute atomic E-state index is 11.9. The van der Waals surface area contributed by atoms with Gasteiger partial charge in [-0.2, -0.15) is 0 Å². The molecule has 1 aromatic rings. The van der Waals surface area contributed by atoms with Gasteiger partial charge in [-0.3, -0.25) is 0 Å². The Labute approximate surface area is 120 Å². The Bertz CT molecular complexity index is 517. The maximum atomic E-state index is 11.9. The van der Waals surface area contributed by atoms with E-state index < -0.39 is 16.1 Å². The quantitative estimate of drug-likeness (QED) is 0.762. The predicted molar refractivity (Wildman–Crippen MR) is 76.2 cm³/mol. The zero-order chi connectivity index (χ0) is 15.2. The number of nitrogens with zero attached hydrogens (tertiary/aromatic N) is 1. The van der Waals surface area contributed by atoms with Crippen LogP contribution in [-0.4, -0.2) is 58.0 Å². The molecule has 0 aromatic heterocycles. The van der Waals surface area contributed by atoms with Gasteiger partial charge in [0.1, 0.15) is 5.75 Å². The van der Waals surface area contributed by atoms with Gasteiger partial charge in [-0.25, -0.2) is 12.7 Å². The lowest BCUT2D eigenvalue weighted by Gasteiger charge is -2.21. The lowest BCUT2D eigenvalue weighted by Crippen LogP contribution is -2.34. The van der Waals surface area contributed by atoms with Crippen LogP contribution in [0, 0.1) is 0 Å². The van der Waals surface area contributed by atoms with Crippen LogP contribution in [0.4, 0.5) is 0 Å². The van der Waals surface area contributed by atoms with Crippen molar-refractivity contribution in [2.45, 2.75) is 6.10 Å². The third-order valence-electron chi connectivity index (χ3n) is 2.93. The van der Waals surface area contributed by atoms with Gasteiger partial charge in [0.15, 0.2) is 0 Å². The van der Waals surface area contributed by atoms with Crippen molar-refractivity contribution in [2.24, 2.45) is 0 Å². The lowest BCUT2D eigenvalue weighted by molar-refractivity contribution is 0.154. The van der Waals surface area contributed by atoms with Gasteiger partial charge in [-0.15, -0.1) is 0 Å². The van der Waals surface area contributed by atoms with Crippen molar-refractivity contribution in [3.05, 3.63) is 29.8 Å². The van der Waals surface area contributed by atoms with Crippen LogP contribution in [0.1, 0.15) is 11.7 Å². The molecule has 0 aliphatic carbocycles. The molecule has 0 radical (unpaired) electrons. The highest BCUT2D eigenvalue weighted by molar-refractivity contribution is 7.89. The Morgan fingerprint density at radius 3 is 2.65 bits per heavy atom. The Morgan fingerprint density at radius 2 is 2.05 bits per heavy atom. The number of sulfonamides is 1. The summed E-state index contributed by atoms with van der Waals surface area (Å²) in [5.74, 6) is 0.511. The van der Waals surface area contributed by atoms with E-state index in [2.05, 4.69) is 0 Å². The van der Waals surface area contributed by atoms with E-state index in [-0.39, 0.29) is 18.9 Å². The van der Waals surface area contributed by atoms with Gasteiger partial charge < -0.3 is 14.6 Å². The first-order chi connectivity index (χ1) is 9.40. The summed E-state index contributed by atoms with van der Waals surface area (Å²) >= 11 is 0. The molecular formula is C13H21NO5S. The molecule has 1 unspecified atom stereocenters. The molecule has 0 spiro atoms. The van der Waals surface area contributed by atoms with Gasteiger partial charge in [0, 0.05) is 20.7 Å². The number of methoxy groups -OCH3 is 2. The molecule has 0 aliphatic heterocycles. The van der Waals surface area contributed by atoms with Crippen molar-refractivity contribution in [2.75, 3.05) is 40.2 Å². The first kappa shape index (κ1) is 16.9. The second-order valence-corrected chi connectivity index (χ2v) is 6.58. The molecule has 1 rings (SSSR count). The number of aliphatic hydroxyl groups is 1. The molecule has 0 bridgehead atoms.